The molecule has 2 atom stereocenters. The van der Waals surface area contributed by atoms with E-state index >= 15 is 0 Å². The van der Waals surface area contributed by atoms with Crippen LogP contribution in [0.3, 0.4) is 0 Å². The van der Waals surface area contributed by atoms with Gasteiger partial charge in [0.05, 0.1) is 19.3 Å². The summed E-state index contributed by atoms with van der Waals surface area (Å²) in [6.07, 6.45) is 0.635. The second kappa shape index (κ2) is 7.19. The number of alkyl halides is 1. The number of hydroxylamine groups is 2. The number of benzene rings is 1. The first-order chi connectivity index (χ1) is 12.1. The van der Waals surface area contributed by atoms with E-state index in [9.17, 15) is 9.18 Å². The molecule has 0 fully saturated rings. The Morgan fingerprint density at radius 1 is 1.64 bits per heavy atom. The molecule has 2 aliphatic rings. The number of hydrogen-bond acceptors (Lipinski definition) is 6. The fourth-order valence-electron chi connectivity index (χ4n) is 3.21. The molecule has 3 rings (SSSR count). The van der Waals surface area contributed by atoms with E-state index in [2.05, 4.69) is 5.10 Å². The number of carbonyl (C=O) groups excluding carboxylic acids is 1. The third-order valence-corrected chi connectivity index (χ3v) is 5.81. The number of hydrazone groups is 1. The topological polar surface area (TPSA) is 80.4 Å². The molecular formula is C16H21FN4O3S. The van der Waals surface area contributed by atoms with E-state index in [-0.39, 0.29) is 5.92 Å². The van der Waals surface area contributed by atoms with Gasteiger partial charge in [-0.3, -0.25) is 4.84 Å². The van der Waals surface area contributed by atoms with E-state index in [4.69, 9.17) is 15.3 Å². The van der Waals surface area contributed by atoms with Crippen LogP contribution in [0.4, 0.5) is 9.18 Å². The number of halogens is 1. The largest absolute Gasteiger partial charge is 0.493 e. The van der Waals surface area contributed by atoms with Crippen LogP contribution >= 0.6 is 11.8 Å². The van der Waals surface area contributed by atoms with Gasteiger partial charge in [0.15, 0.2) is 4.87 Å². The molecule has 2 aliphatic heterocycles. The van der Waals surface area contributed by atoms with Gasteiger partial charge >= 0.3 is 6.03 Å². The molecule has 2 unspecified atom stereocenters. The first kappa shape index (κ1) is 18.0. The zero-order chi connectivity index (χ0) is 18.0. The summed E-state index contributed by atoms with van der Waals surface area (Å²) in [5.41, 5.74) is 8.67. The van der Waals surface area contributed by atoms with Crippen LogP contribution in [0.25, 0.3) is 0 Å². The molecule has 1 aromatic rings. The molecule has 2 amide bonds. The molecule has 1 spiro atoms. The minimum Gasteiger partial charge on any atom is -0.493 e. The Hall–Kier alpha value is -1.84. The minimum atomic E-state index is -0.831. The third kappa shape index (κ3) is 2.86. The smallest absolute Gasteiger partial charge is 0.365 e. The highest BCUT2D eigenvalue weighted by Gasteiger charge is 2.55. The van der Waals surface area contributed by atoms with Crippen LogP contribution in [0, 0.1) is 5.92 Å². The van der Waals surface area contributed by atoms with Gasteiger partial charge in [-0.1, -0.05) is 17.8 Å². The summed E-state index contributed by atoms with van der Waals surface area (Å²) in [4.78, 5) is 17.0. The van der Waals surface area contributed by atoms with E-state index in [1.165, 1.54) is 30.9 Å². The number of thioether (sulfide) groups is 1. The number of fused-ring (bicyclic) bond motifs is 2. The van der Waals surface area contributed by atoms with Gasteiger partial charge in [0.25, 0.3) is 0 Å². The predicted octanol–water partition coefficient (Wildman–Crippen LogP) is 2.27. The summed E-state index contributed by atoms with van der Waals surface area (Å²) in [6.45, 7) is 0.245. The van der Waals surface area contributed by atoms with Gasteiger partial charge in [-0.25, -0.2) is 14.2 Å². The zero-order valence-corrected chi connectivity index (χ0v) is 15.0. The maximum atomic E-state index is 13.2. The molecule has 0 saturated carbocycles. The molecule has 0 saturated heterocycles. The van der Waals surface area contributed by atoms with E-state index in [1.807, 2.05) is 0 Å². The van der Waals surface area contributed by atoms with Crippen molar-refractivity contribution in [2.24, 2.45) is 16.8 Å². The van der Waals surface area contributed by atoms with Crippen LogP contribution in [-0.2, 0) is 16.4 Å². The molecule has 1 aromatic carbocycles. The Balaban J connectivity index is 2.13. The average molecular weight is 368 g/mol. The number of urea groups is 1. The second-order valence-electron chi connectivity index (χ2n) is 5.86. The molecule has 0 radical (unpaired) electrons. The maximum absolute atomic E-state index is 13.2. The quantitative estimate of drug-likeness (QED) is 0.825. The van der Waals surface area contributed by atoms with Gasteiger partial charge < -0.3 is 10.5 Å². The first-order valence-electron chi connectivity index (χ1n) is 7.93. The summed E-state index contributed by atoms with van der Waals surface area (Å²) >= 11 is 1.41. The van der Waals surface area contributed by atoms with Crippen molar-refractivity contribution in [1.29, 1.82) is 0 Å². The number of amides is 2. The molecule has 0 bridgehead atoms. The summed E-state index contributed by atoms with van der Waals surface area (Å²) < 4.78 is 19.1. The van der Waals surface area contributed by atoms with Gasteiger partial charge in [0, 0.05) is 18.5 Å². The van der Waals surface area contributed by atoms with Crippen molar-refractivity contribution in [1.82, 2.24) is 10.1 Å². The lowest BCUT2D eigenvalue weighted by Gasteiger charge is -2.45. The monoisotopic (exact) mass is 368 g/mol. The number of ether oxygens (including phenoxy) is 1. The summed E-state index contributed by atoms with van der Waals surface area (Å²) in [7, 11) is 2.93. The lowest BCUT2D eigenvalue weighted by Crippen LogP contribution is -2.54. The van der Waals surface area contributed by atoms with Crippen molar-refractivity contribution in [2.45, 2.75) is 18.0 Å². The second-order valence-corrected chi connectivity index (χ2v) is 6.93. The highest BCUT2D eigenvalue weighted by molar-refractivity contribution is 8.13. The standard InChI is InChI=1S/C16H21FN4O3S/c1-20(23-2)15(22)21-16(25-10-19-21)12(5-6-18)9-24-14-4-3-11(8-17)7-13(14)16/h3-4,7,10,12H,5-6,8-9,18H2,1-2H3. The summed E-state index contributed by atoms with van der Waals surface area (Å²) in [5, 5.41) is 6.78. The van der Waals surface area contributed by atoms with Crippen LogP contribution in [0.2, 0.25) is 0 Å². The molecule has 7 nitrogen and oxygen atoms in total. The molecule has 136 valence electrons. The third-order valence-electron chi connectivity index (χ3n) is 4.53. The Morgan fingerprint density at radius 3 is 3.12 bits per heavy atom. The number of carbonyl (C=O) groups is 1. The molecule has 9 heteroatoms. The fraction of sp³-hybridized carbons (Fsp3) is 0.500. The summed E-state index contributed by atoms with van der Waals surface area (Å²) in [5.74, 6) is 0.530. The highest BCUT2D eigenvalue weighted by Crippen LogP contribution is 2.55. The molecule has 2 heterocycles. The van der Waals surface area contributed by atoms with Crippen LogP contribution < -0.4 is 10.5 Å². The minimum absolute atomic E-state index is 0.0958. The number of nitrogens with two attached hydrogens (primary N) is 1. The highest BCUT2D eigenvalue weighted by atomic mass is 32.2. The Kier molecular flexibility index (Phi) is 5.16. The van der Waals surface area contributed by atoms with Crippen molar-refractivity contribution < 1.29 is 18.8 Å². The zero-order valence-electron chi connectivity index (χ0n) is 14.1. The van der Waals surface area contributed by atoms with E-state index < -0.39 is 17.6 Å². The van der Waals surface area contributed by atoms with Crippen molar-refractivity contribution in [3.05, 3.63) is 29.3 Å². The van der Waals surface area contributed by atoms with Gasteiger partial charge in [0.1, 0.15) is 12.4 Å². The van der Waals surface area contributed by atoms with Crippen molar-refractivity contribution in [3.8, 4) is 5.75 Å². The fourth-order valence-corrected chi connectivity index (χ4v) is 4.40. The molecule has 0 aliphatic carbocycles. The van der Waals surface area contributed by atoms with Crippen LogP contribution in [0.15, 0.2) is 23.3 Å². The SMILES string of the molecule is CON(C)C(=O)N1N=CSC12c1cc(CF)ccc1OCC2CCN. The molecular weight excluding hydrogens is 347 g/mol. The van der Waals surface area contributed by atoms with Crippen LogP contribution in [-0.4, -0.2) is 49.0 Å². The normalized spacial score (nSPS) is 24.3. The van der Waals surface area contributed by atoms with Crippen LogP contribution in [0.5, 0.6) is 5.75 Å². The lowest BCUT2D eigenvalue weighted by atomic mass is 9.86. The number of rotatable bonds is 4. The van der Waals surface area contributed by atoms with Gasteiger partial charge in [0.2, 0.25) is 0 Å². The van der Waals surface area contributed by atoms with Crippen molar-refractivity contribution in [3.63, 3.8) is 0 Å². The number of nitrogens with zero attached hydrogens (tertiary/aromatic N) is 3. The van der Waals surface area contributed by atoms with Crippen molar-refractivity contribution >= 4 is 23.3 Å². The molecule has 0 aromatic heterocycles. The average Bonchev–Trinajstić information content (AvgIpc) is 3.08. The number of hydrogen-bond donors (Lipinski definition) is 1. The Morgan fingerprint density at radius 2 is 2.44 bits per heavy atom. The first-order valence-corrected chi connectivity index (χ1v) is 8.81. The summed E-state index contributed by atoms with van der Waals surface area (Å²) in [6, 6.07) is 4.76. The molecule has 25 heavy (non-hydrogen) atoms. The van der Waals surface area contributed by atoms with Gasteiger partial charge in [-0.15, -0.1) is 0 Å². The van der Waals surface area contributed by atoms with Crippen molar-refractivity contribution in [2.75, 3.05) is 27.3 Å². The molecule has 2 N–H and O–H groups in total. The Bertz CT molecular complexity index is 689. The maximum Gasteiger partial charge on any atom is 0.365 e. The van der Waals surface area contributed by atoms with Gasteiger partial charge in [-0.05, 0) is 30.7 Å². The Labute approximate surface area is 149 Å². The van der Waals surface area contributed by atoms with E-state index in [0.717, 1.165) is 10.6 Å². The van der Waals surface area contributed by atoms with Gasteiger partial charge in [-0.2, -0.15) is 10.1 Å². The van der Waals surface area contributed by atoms with E-state index in [1.54, 1.807) is 23.7 Å². The van der Waals surface area contributed by atoms with Crippen LogP contribution in [0.1, 0.15) is 17.5 Å². The lowest BCUT2D eigenvalue weighted by molar-refractivity contribution is -0.0845. The predicted molar refractivity (Wildman–Crippen MR) is 93.7 cm³/mol. The van der Waals surface area contributed by atoms with E-state index in [0.29, 0.717) is 30.9 Å².